The maximum Gasteiger partial charge on any atom is 0.345 e. The summed E-state index contributed by atoms with van der Waals surface area (Å²) < 4.78 is 49.0. The van der Waals surface area contributed by atoms with Gasteiger partial charge in [0.2, 0.25) is 0 Å². The summed E-state index contributed by atoms with van der Waals surface area (Å²) in [4.78, 5) is 10.8. The SMILES string of the molecule is COC(=O)c1c(OC)ccc(S(=O)(=O)F)c1OC. The summed E-state index contributed by atoms with van der Waals surface area (Å²) >= 11 is 0. The molecule has 0 aliphatic rings. The topological polar surface area (TPSA) is 78.9 Å². The number of benzene rings is 1. The van der Waals surface area contributed by atoms with Crippen molar-refractivity contribution >= 4 is 16.2 Å². The number of carbonyl (C=O) groups excluding carboxylic acids is 1. The molecule has 0 unspecified atom stereocenters. The second-order valence-electron chi connectivity index (χ2n) is 3.10. The average molecular weight is 278 g/mol. The van der Waals surface area contributed by atoms with Crippen LogP contribution in [-0.4, -0.2) is 35.7 Å². The Morgan fingerprint density at radius 1 is 1.17 bits per heavy atom. The smallest absolute Gasteiger partial charge is 0.345 e. The molecule has 0 aliphatic heterocycles. The van der Waals surface area contributed by atoms with Gasteiger partial charge in [0.1, 0.15) is 16.2 Å². The van der Waals surface area contributed by atoms with Gasteiger partial charge in [0.25, 0.3) is 0 Å². The Morgan fingerprint density at radius 3 is 2.17 bits per heavy atom. The highest BCUT2D eigenvalue weighted by Crippen LogP contribution is 2.36. The monoisotopic (exact) mass is 278 g/mol. The lowest BCUT2D eigenvalue weighted by Gasteiger charge is -2.13. The molecule has 0 bridgehead atoms. The molecule has 0 fully saturated rings. The predicted octanol–water partition coefficient (Wildman–Crippen LogP) is 1.15. The van der Waals surface area contributed by atoms with Crippen molar-refractivity contribution in [3.63, 3.8) is 0 Å². The Morgan fingerprint density at radius 2 is 1.78 bits per heavy atom. The van der Waals surface area contributed by atoms with Crippen LogP contribution in [0.1, 0.15) is 10.4 Å². The molecular formula is C10H11FO6S. The van der Waals surface area contributed by atoms with Gasteiger partial charge in [0.15, 0.2) is 5.75 Å². The Labute approximate surface area is 103 Å². The van der Waals surface area contributed by atoms with Gasteiger partial charge in [-0.1, -0.05) is 0 Å². The summed E-state index contributed by atoms with van der Waals surface area (Å²) in [5.41, 5.74) is -0.291. The van der Waals surface area contributed by atoms with Crippen LogP contribution in [0.5, 0.6) is 11.5 Å². The van der Waals surface area contributed by atoms with Gasteiger partial charge in [-0.15, -0.1) is 3.89 Å². The highest BCUT2D eigenvalue weighted by atomic mass is 32.3. The molecule has 1 aromatic rings. The normalized spacial score (nSPS) is 10.9. The van der Waals surface area contributed by atoms with E-state index >= 15 is 0 Å². The van der Waals surface area contributed by atoms with Crippen molar-refractivity contribution < 1.29 is 31.3 Å². The molecule has 0 N–H and O–H groups in total. The van der Waals surface area contributed by atoms with Crippen molar-refractivity contribution in [3.8, 4) is 11.5 Å². The molecule has 1 aromatic carbocycles. The highest BCUT2D eigenvalue weighted by Gasteiger charge is 2.28. The molecule has 0 saturated carbocycles. The molecule has 0 spiro atoms. The van der Waals surface area contributed by atoms with Crippen LogP contribution < -0.4 is 9.47 Å². The summed E-state index contributed by atoms with van der Waals surface area (Å²) in [5.74, 6) is -1.33. The first kappa shape index (κ1) is 14.2. The van der Waals surface area contributed by atoms with Gasteiger partial charge in [-0.2, -0.15) is 8.42 Å². The number of hydrogen-bond acceptors (Lipinski definition) is 6. The lowest BCUT2D eigenvalue weighted by atomic mass is 10.1. The summed E-state index contributed by atoms with van der Waals surface area (Å²) in [6.07, 6.45) is 0. The van der Waals surface area contributed by atoms with Crippen molar-refractivity contribution in [1.29, 1.82) is 0 Å². The van der Waals surface area contributed by atoms with Gasteiger partial charge in [-0.3, -0.25) is 0 Å². The first-order valence-electron chi connectivity index (χ1n) is 4.64. The van der Waals surface area contributed by atoms with Gasteiger partial charge in [-0.05, 0) is 12.1 Å². The van der Waals surface area contributed by atoms with Crippen LogP contribution in [0.2, 0.25) is 0 Å². The van der Waals surface area contributed by atoms with Gasteiger partial charge in [-0.25, -0.2) is 4.79 Å². The van der Waals surface area contributed by atoms with E-state index in [4.69, 9.17) is 9.47 Å². The fourth-order valence-electron chi connectivity index (χ4n) is 1.41. The summed E-state index contributed by atoms with van der Waals surface area (Å²) in [5, 5.41) is 0. The van der Waals surface area contributed by atoms with Gasteiger partial charge < -0.3 is 14.2 Å². The van der Waals surface area contributed by atoms with E-state index in [9.17, 15) is 17.1 Å². The third-order valence-electron chi connectivity index (χ3n) is 2.16. The quantitative estimate of drug-likeness (QED) is 0.607. The zero-order valence-corrected chi connectivity index (χ0v) is 10.7. The van der Waals surface area contributed by atoms with Crippen molar-refractivity contribution in [2.45, 2.75) is 4.90 Å². The van der Waals surface area contributed by atoms with E-state index in [-0.39, 0.29) is 11.3 Å². The minimum atomic E-state index is -5.02. The predicted molar refractivity (Wildman–Crippen MR) is 59.2 cm³/mol. The largest absolute Gasteiger partial charge is 0.496 e. The maximum atomic E-state index is 13.1. The number of carbonyl (C=O) groups is 1. The third kappa shape index (κ3) is 2.53. The van der Waals surface area contributed by atoms with E-state index < -0.39 is 26.8 Å². The van der Waals surface area contributed by atoms with E-state index in [1.54, 1.807) is 0 Å². The van der Waals surface area contributed by atoms with Crippen LogP contribution in [0.4, 0.5) is 3.89 Å². The second kappa shape index (κ2) is 5.21. The molecule has 6 nitrogen and oxygen atoms in total. The molecule has 0 heterocycles. The fraction of sp³-hybridized carbons (Fsp3) is 0.300. The summed E-state index contributed by atoms with van der Waals surface area (Å²) in [6, 6.07) is 2.08. The van der Waals surface area contributed by atoms with Crippen LogP contribution in [0.15, 0.2) is 17.0 Å². The average Bonchev–Trinajstić information content (AvgIpc) is 2.34. The van der Waals surface area contributed by atoms with E-state index in [0.717, 1.165) is 26.4 Å². The Kier molecular flexibility index (Phi) is 4.12. The van der Waals surface area contributed by atoms with Crippen LogP contribution in [0.25, 0.3) is 0 Å². The Hall–Kier alpha value is -1.83. The minimum absolute atomic E-state index is 0.0195. The van der Waals surface area contributed by atoms with E-state index in [1.807, 2.05) is 0 Å². The fourth-order valence-corrected chi connectivity index (χ4v) is 2.04. The summed E-state index contributed by atoms with van der Waals surface area (Å²) in [7, 11) is -1.55. The molecule has 0 atom stereocenters. The van der Waals surface area contributed by atoms with E-state index in [0.29, 0.717) is 0 Å². The molecule has 8 heteroatoms. The number of rotatable bonds is 4. The van der Waals surface area contributed by atoms with Crippen molar-refractivity contribution in [2.75, 3.05) is 21.3 Å². The van der Waals surface area contributed by atoms with E-state index in [1.165, 1.54) is 7.11 Å². The van der Waals surface area contributed by atoms with Gasteiger partial charge >= 0.3 is 16.2 Å². The number of esters is 1. The summed E-state index contributed by atoms with van der Waals surface area (Å²) in [6.45, 7) is 0. The lowest BCUT2D eigenvalue weighted by molar-refractivity contribution is 0.0592. The zero-order valence-electron chi connectivity index (χ0n) is 9.89. The molecule has 0 saturated heterocycles. The zero-order chi connectivity index (χ0) is 13.9. The van der Waals surface area contributed by atoms with Crippen LogP contribution in [0.3, 0.4) is 0 Å². The number of halogens is 1. The number of methoxy groups -OCH3 is 3. The van der Waals surface area contributed by atoms with Crippen molar-refractivity contribution in [1.82, 2.24) is 0 Å². The Balaban J connectivity index is 3.68. The molecule has 0 radical (unpaired) electrons. The van der Waals surface area contributed by atoms with Crippen molar-refractivity contribution in [2.24, 2.45) is 0 Å². The third-order valence-corrected chi connectivity index (χ3v) is 3.01. The molecular weight excluding hydrogens is 267 g/mol. The first-order valence-corrected chi connectivity index (χ1v) is 6.03. The molecule has 1 rings (SSSR count). The molecule has 18 heavy (non-hydrogen) atoms. The van der Waals surface area contributed by atoms with E-state index in [2.05, 4.69) is 4.74 Å². The van der Waals surface area contributed by atoms with Gasteiger partial charge in [0.05, 0.1) is 21.3 Å². The molecule has 0 amide bonds. The van der Waals surface area contributed by atoms with Crippen molar-refractivity contribution in [3.05, 3.63) is 17.7 Å². The lowest BCUT2D eigenvalue weighted by Crippen LogP contribution is -2.09. The number of hydrogen-bond donors (Lipinski definition) is 0. The molecule has 100 valence electrons. The Bertz CT molecular complexity index is 566. The number of ether oxygens (including phenoxy) is 3. The molecule has 0 aromatic heterocycles. The minimum Gasteiger partial charge on any atom is -0.496 e. The maximum absolute atomic E-state index is 13.1. The molecule has 0 aliphatic carbocycles. The second-order valence-corrected chi connectivity index (χ2v) is 4.42. The van der Waals surface area contributed by atoms with Crippen LogP contribution in [-0.2, 0) is 15.0 Å². The first-order chi connectivity index (χ1) is 8.36. The standard InChI is InChI=1S/C10H11FO6S/c1-15-6-4-5-7(18(11,13)14)9(16-2)8(6)10(12)17-3/h4-5H,1-3H3. The van der Waals surface area contributed by atoms with Gasteiger partial charge in [0, 0.05) is 0 Å². The highest BCUT2D eigenvalue weighted by molar-refractivity contribution is 7.86. The van der Waals surface area contributed by atoms with Crippen LogP contribution in [0, 0.1) is 0 Å². The van der Waals surface area contributed by atoms with Crippen LogP contribution >= 0.6 is 0 Å².